The normalized spacial score (nSPS) is 16.5. The Morgan fingerprint density at radius 2 is 1.55 bits per heavy atom. The molecular formula is C15H12BrF2NO2S. The zero-order chi connectivity index (χ0) is 16.0. The summed E-state index contributed by atoms with van der Waals surface area (Å²) < 4.78 is 54.7. The Bertz CT molecular complexity index is 798. The van der Waals surface area contributed by atoms with Gasteiger partial charge in [-0.1, -0.05) is 28.1 Å². The molecule has 2 aromatic rings. The van der Waals surface area contributed by atoms with Gasteiger partial charge in [-0.15, -0.1) is 0 Å². The third-order valence-electron chi connectivity index (χ3n) is 3.62. The molecule has 7 heteroatoms. The van der Waals surface area contributed by atoms with Crippen LogP contribution < -0.4 is 4.72 Å². The number of sulfonamides is 1. The highest BCUT2D eigenvalue weighted by Gasteiger charge is 2.47. The van der Waals surface area contributed by atoms with Gasteiger partial charge in [-0.3, -0.25) is 0 Å². The average molecular weight is 388 g/mol. The van der Waals surface area contributed by atoms with Gasteiger partial charge in [0.1, 0.15) is 11.6 Å². The fourth-order valence-corrected chi connectivity index (χ4v) is 4.10. The number of rotatable bonds is 4. The van der Waals surface area contributed by atoms with Crippen molar-refractivity contribution in [2.75, 3.05) is 0 Å². The highest BCUT2D eigenvalue weighted by atomic mass is 79.9. The summed E-state index contributed by atoms with van der Waals surface area (Å²) in [5, 5.41) is 0. The molecule has 116 valence electrons. The van der Waals surface area contributed by atoms with E-state index in [1.807, 2.05) is 24.3 Å². The molecule has 0 radical (unpaired) electrons. The SMILES string of the molecule is O=S(=O)(NC1(c2ccc(Br)cc2)CC1)c1cc(F)cc(F)c1. The quantitative estimate of drug-likeness (QED) is 0.869. The molecule has 1 fully saturated rings. The van der Waals surface area contributed by atoms with E-state index in [4.69, 9.17) is 0 Å². The van der Waals surface area contributed by atoms with Gasteiger partial charge in [0, 0.05) is 10.5 Å². The summed E-state index contributed by atoms with van der Waals surface area (Å²) in [4.78, 5) is -0.409. The number of hydrogen-bond donors (Lipinski definition) is 1. The summed E-state index contributed by atoms with van der Waals surface area (Å²) in [5.74, 6) is -1.84. The molecule has 0 unspecified atom stereocenters. The van der Waals surface area contributed by atoms with E-state index in [0.717, 1.165) is 22.2 Å². The molecule has 1 aliphatic rings. The predicted octanol–water partition coefficient (Wildman–Crippen LogP) is 3.69. The third kappa shape index (κ3) is 3.06. The van der Waals surface area contributed by atoms with Crippen LogP contribution >= 0.6 is 15.9 Å². The first-order chi connectivity index (χ1) is 10.3. The molecule has 0 spiro atoms. The lowest BCUT2D eigenvalue weighted by Gasteiger charge is -2.18. The maximum absolute atomic E-state index is 13.2. The lowest BCUT2D eigenvalue weighted by molar-refractivity contribution is 0.543. The number of benzene rings is 2. The van der Waals surface area contributed by atoms with Crippen LogP contribution in [0.15, 0.2) is 51.8 Å². The zero-order valence-corrected chi connectivity index (χ0v) is 13.7. The summed E-state index contributed by atoms with van der Waals surface area (Å²) in [7, 11) is -4.00. The summed E-state index contributed by atoms with van der Waals surface area (Å²) in [6, 6.07) is 9.56. The van der Waals surface area contributed by atoms with Gasteiger partial charge in [0.2, 0.25) is 10.0 Å². The van der Waals surface area contributed by atoms with Gasteiger partial charge in [0.25, 0.3) is 0 Å². The molecule has 1 aliphatic carbocycles. The number of nitrogens with one attached hydrogen (secondary N) is 1. The minimum absolute atomic E-state index is 0.409. The van der Waals surface area contributed by atoms with Crippen molar-refractivity contribution >= 4 is 26.0 Å². The monoisotopic (exact) mass is 387 g/mol. The maximum atomic E-state index is 13.2. The second-order valence-corrected chi connectivity index (χ2v) is 7.90. The minimum atomic E-state index is -4.00. The van der Waals surface area contributed by atoms with Crippen LogP contribution in [0.25, 0.3) is 0 Å². The van der Waals surface area contributed by atoms with Gasteiger partial charge < -0.3 is 0 Å². The van der Waals surface area contributed by atoms with E-state index in [2.05, 4.69) is 20.7 Å². The second-order valence-electron chi connectivity index (χ2n) is 5.30. The van der Waals surface area contributed by atoms with E-state index >= 15 is 0 Å². The largest absolute Gasteiger partial charge is 0.241 e. The van der Waals surface area contributed by atoms with Gasteiger partial charge in [-0.05, 0) is 42.7 Å². The van der Waals surface area contributed by atoms with Gasteiger partial charge in [0.05, 0.1) is 10.4 Å². The molecule has 22 heavy (non-hydrogen) atoms. The zero-order valence-electron chi connectivity index (χ0n) is 11.3. The smallest absolute Gasteiger partial charge is 0.207 e. The molecule has 0 aliphatic heterocycles. The molecule has 3 nitrogen and oxygen atoms in total. The molecule has 0 bridgehead atoms. The minimum Gasteiger partial charge on any atom is -0.207 e. The van der Waals surface area contributed by atoms with E-state index in [-0.39, 0.29) is 0 Å². The van der Waals surface area contributed by atoms with Crippen molar-refractivity contribution in [2.45, 2.75) is 23.3 Å². The number of hydrogen-bond acceptors (Lipinski definition) is 2. The van der Waals surface area contributed by atoms with Crippen LogP contribution in [0.1, 0.15) is 18.4 Å². The molecule has 0 amide bonds. The molecule has 0 heterocycles. The Morgan fingerprint density at radius 3 is 2.05 bits per heavy atom. The summed E-state index contributed by atoms with van der Waals surface area (Å²) >= 11 is 3.32. The molecule has 2 aromatic carbocycles. The molecule has 0 atom stereocenters. The van der Waals surface area contributed by atoms with Gasteiger partial charge in [-0.2, -0.15) is 0 Å². The van der Waals surface area contributed by atoms with E-state index in [1.165, 1.54) is 0 Å². The topological polar surface area (TPSA) is 46.2 Å². The van der Waals surface area contributed by atoms with Gasteiger partial charge in [-0.25, -0.2) is 21.9 Å². The predicted molar refractivity (Wildman–Crippen MR) is 81.7 cm³/mol. The second kappa shape index (κ2) is 5.40. The van der Waals surface area contributed by atoms with Crippen molar-refractivity contribution < 1.29 is 17.2 Å². The van der Waals surface area contributed by atoms with Gasteiger partial charge in [0.15, 0.2) is 0 Å². The molecule has 3 rings (SSSR count). The van der Waals surface area contributed by atoms with E-state index in [1.54, 1.807) is 0 Å². The fraction of sp³-hybridized carbons (Fsp3) is 0.200. The van der Waals surface area contributed by atoms with Crippen molar-refractivity contribution in [2.24, 2.45) is 0 Å². The van der Waals surface area contributed by atoms with E-state index in [0.29, 0.717) is 18.9 Å². The average Bonchev–Trinajstić information content (AvgIpc) is 3.18. The number of halogens is 3. The molecule has 0 saturated heterocycles. The lowest BCUT2D eigenvalue weighted by atomic mass is 10.1. The van der Waals surface area contributed by atoms with Crippen molar-refractivity contribution in [1.82, 2.24) is 4.72 Å². The first kappa shape index (κ1) is 15.6. The van der Waals surface area contributed by atoms with Crippen LogP contribution in [-0.2, 0) is 15.6 Å². The molecular weight excluding hydrogens is 376 g/mol. The Hall–Kier alpha value is -1.31. The van der Waals surface area contributed by atoms with Gasteiger partial charge >= 0.3 is 0 Å². The Balaban J connectivity index is 1.92. The van der Waals surface area contributed by atoms with Crippen LogP contribution in [0.4, 0.5) is 8.78 Å². The molecule has 0 aromatic heterocycles. The van der Waals surface area contributed by atoms with Crippen molar-refractivity contribution in [3.05, 3.63) is 64.1 Å². The van der Waals surface area contributed by atoms with E-state index < -0.39 is 32.1 Å². The first-order valence-electron chi connectivity index (χ1n) is 6.57. The van der Waals surface area contributed by atoms with Crippen molar-refractivity contribution in [3.63, 3.8) is 0 Å². The van der Waals surface area contributed by atoms with Crippen LogP contribution in [0.5, 0.6) is 0 Å². The van der Waals surface area contributed by atoms with Crippen LogP contribution in [-0.4, -0.2) is 8.42 Å². The highest BCUT2D eigenvalue weighted by molar-refractivity contribution is 9.10. The lowest BCUT2D eigenvalue weighted by Crippen LogP contribution is -2.34. The van der Waals surface area contributed by atoms with Crippen LogP contribution in [0, 0.1) is 11.6 Å². The standard InChI is InChI=1S/C15H12BrF2NO2S/c16-11-3-1-10(2-4-11)15(5-6-15)19-22(20,21)14-8-12(17)7-13(18)9-14/h1-4,7-9,19H,5-6H2. The van der Waals surface area contributed by atoms with Crippen LogP contribution in [0.3, 0.4) is 0 Å². The molecule has 1 saturated carbocycles. The van der Waals surface area contributed by atoms with E-state index in [9.17, 15) is 17.2 Å². The summed E-state index contributed by atoms with van der Waals surface area (Å²) in [6.45, 7) is 0. The molecule has 1 N–H and O–H groups in total. The fourth-order valence-electron chi connectivity index (χ4n) is 2.34. The summed E-state index contributed by atoms with van der Waals surface area (Å²) in [6.07, 6.45) is 1.29. The Morgan fingerprint density at radius 1 is 1.00 bits per heavy atom. The maximum Gasteiger partial charge on any atom is 0.241 e. The van der Waals surface area contributed by atoms with Crippen LogP contribution in [0.2, 0.25) is 0 Å². The first-order valence-corrected chi connectivity index (χ1v) is 8.85. The van der Waals surface area contributed by atoms with Crippen molar-refractivity contribution in [3.8, 4) is 0 Å². The summed E-state index contributed by atoms with van der Waals surface area (Å²) in [5.41, 5.74) is 0.138. The third-order valence-corrected chi connectivity index (χ3v) is 5.67. The van der Waals surface area contributed by atoms with Crippen molar-refractivity contribution in [1.29, 1.82) is 0 Å². The highest BCUT2D eigenvalue weighted by Crippen LogP contribution is 2.46. The Labute approximate surface area is 135 Å². The Kier molecular flexibility index (Phi) is 3.82.